The highest BCUT2D eigenvalue weighted by molar-refractivity contribution is 7.87. The van der Waals surface area contributed by atoms with Crippen LogP contribution in [0.2, 0.25) is 0 Å². The fourth-order valence-electron chi connectivity index (χ4n) is 4.32. The second-order valence-electron chi connectivity index (χ2n) is 9.30. The van der Waals surface area contributed by atoms with E-state index in [1.165, 1.54) is 60.7 Å². The number of fused-ring (bicyclic) bond motifs is 1. The highest BCUT2D eigenvalue weighted by atomic mass is 32.2. The number of aliphatic hydroxyl groups excluding tert-OH is 2. The zero-order valence-electron chi connectivity index (χ0n) is 22.7. The average molecular weight is 629 g/mol. The van der Waals surface area contributed by atoms with E-state index in [1.807, 2.05) is 0 Å². The molecule has 2 aromatic carbocycles. The summed E-state index contributed by atoms with van der Waals surface area (Å²) >= 11 is 0. The average Bonchev–Trinajstić information content (AvgIpc) is 3.56. The van der Waals surface area contributed by atoms with E-state index in [-0.39, 0.29) is 38.9 Å². The summed E-state index contributed by atoms with van der Waals surface area (Å²) in [5.74, 6) is -0.876. The predicted molar refractivity (Wildman–Crippen MR) is 149 cm³/mol. The van der Waals surface area contributed by atoms with Gasteiger partial charge in [-0.15, -0.1) is 0 Å². The minimum atomic E-state index is -4.38. The molecule has 17 nitrogen and oxygen atoms in total. The van der Waals surface area contributed by atoms with Crippen molar-refractivity contribution >= 4 is 39.1 Å². The number of esters is 1. The van der Waals surface area contributed by atoms with Crippen molar-refractivity contribution in [2.24, 2.45) is 0 Å². The molecule has 0 radical (unpaired) electrons. The van der Waals surface area contributed by atoms with Gasteiger partial charge in [-0.05, 0) is 42.0 Å². The number of imidazole rings is 1. The number of hydrogen-bond donors (Lipinski definition) is 3. The smallest absolute Gasteiger partial charge is 0.339 e. The number of carbonyl (C=O) groups excluding carboxylic acids is 1. The van der Waals surface area contributed by atoms with Crippen molar-refractivity contribution in [3.8, 4) is 11.5 Å². The Morgan fingerprint density at radius 2 is 1.89 bits per heavy atom. The van der Waals surface area contributed by atoms with Gasteiger partial charge in [-0.2, -0.15) is 8.42 Å². The predicted octanol–water partition coefficient (Wildman–Crippen LogP) is 0.908. The molecule has 18 heteroatoms. The normalized spacial score (nSPS) is 20.2. The Balaban J connectivity index is 1.22. The van der Waals surface area contributed by atoms with E-state index in [2.05, 4.69) is 15.0 Å². The van der Waals surface area contributed by atoms with Crippen molar-refractivity contribution in [1.29, 1.82) is 0 Å². The summed E-state index contributed by atoms with van der Waals surface area (Å²) in [6.07, 6.45) is -0.598. The molecule has 4 N–H and O–H groups in total. The van der Waals surface area contributed by atoms with Crippen molar-refractivity contribution in [2.45, 2.75) is 29.4 Å². The number of aromatic nitrogens is 4. The van der Waals surface area contributed by atoms with Crippen LogP contribution in [-0.2, 0) is 19.6 Å². The van der Waals surface area contributed by atoms with E-state index in [0.717, 1.165) is 18.3 Å². The maximum absolute atomic E-state index is 12.9. The van der Waals surface area contributed by atoms with Crippen LogP contribution in [0.25, 0.3) is 17.2 Å². The molecule has 2 aromatic heterocycles. The van der Waals surface area contributed by atoms with E-state index in [9.17, 15) is 33.5 Å². The SMILES string of the molecule is COc1cc(/C=C/[N+](=O)[O-])ccc1OS(=O)(=O)c1ccc(C(=O)OC[C@H]2OC(n3cnc4c(N)ncnc43)[C@H](O)[C@@H]2O)cc1. The summed E-state index contributed by atoms with van der Waals surface area (Å²) in [6, 6.07) is 8.70. The standard InChI is InChI=1S/C26H24N6O11S/c1-40-18-10-14(8-9-32(36)37)2-7-17(18)43-44(38,39)16-5-3-15(4-6-16)26(35)41-11-19-21(33)22(34)25(42-19)31-13-30-20-23(27)28-12-29-24(20)31/h2-10,12-13,19,21-22,25,33-34H,11H2,1H3,(H2,27,28,29)/b9-8+/t19-,21-,22-,25?/m1/s1. The molecular weight excluding hydrogens is 604 g/mol. The summed E-state index contributed by atoms with van der Waals surface area (Å²) in [5, 5.41) is 31.6. The lowest BCUT2D eigenvalue weighted by molar-refractivity contribution is -0.400. The van der Waals surface area contributed by atoms with Gasteiger partial charge in [0.2, 0.25) is 6.20 Å². The molecule has 1 unspecified atom stereocenters. The molecule has 44 heavy (non-hydrogen) atoms. The molecule has 1 aliphatic rings. The molecule has 0 aliphatic carbocycles. The number of anilines is 1. The van der Waals surface area contributed by atoms with Crippen LogP contribution in [0, 0.1) is 10.1 Å². The van der Waals surface area contributed by atoms with Crippen LogP contribution in [-0.4, -0.2) is 81.1 Å². The lowest BCUT2D eigenvalue weighted by Gasteiger charge is -2.16. The highest BCUT2D eigenvalue weighted by Crippen LogP contribution is 2.33. The number of nitrogens with zero attached hydrogens (tertiary/aromatic N) is 5. The molecular formula is C26H24N6O11S. The van der Waals surface area contributed by atoms with Gasteiger partial charge in [-0.3, -0.25) is 14.7 Å². The van der Waals surface area contributed by atoms with Crippen LogP contribution in [0.1, 0.15) is 22.1 Å². The minimum absolute atomic E-state index is 0.0131. The first-order valence-corrected chi connectivity index (χ1v) is 14.1. The zero-order valence-corrected chi connectivity index (χ0v) is 23.5. The fraction of sp³-hybridized carbons (Fsp3) is 0.231. The monoisotopic (exact) mass is 628 g/mol. The molecule has 230 valence electrons. The van der Waals surface area contributed by atoms with E-state index in [1.54, 1.807) is 0 Å². The van der Waals surface area contributed by atoms with Gasteiger partial charge in [-0.25, -0.2) is 19.7 Å². The van der Waals surface area contributed by atoms with Gasteiger partial charge in [0.05, 0.1) is 23.9 Å². The molecule has 4 aromatic rings. The third-order valence-electron chi connectivity index (χ3n) is 6.53. The third-order valence-corrected chi connectivity index (χ3v) is 7.78. The highest BCUT2D eigenvalue weighted by Gasteiger charge is 2.45. The number of hydrogen-bond acceptors (Lipinski definition) is 15. The number of nitrogens with two attached hydrogens (primary N) is 1. The number of rotatable bonds is 10. The fourth-order valence-corrected chi connectivity index (χ4v) is 5.26. The second kappa shape index (κ2) is 12.2. The quantitative estimate of drug-likeness (QED) is 0.0956. The summed E-state index contributed by atoms with van der Waals surface area (Å²) in [4.78, 5) is 34.3. The second-order valence-corrected chi connectivity index (χ2v) is 10.8. The van der Waals surface area contributed by atoms with Crippen LogP contribution >= 0.6 is 0 Å². The molecule has 1 saturated heterocycles. The first kappa shape index (κ1) is 30.3. The number of carbonyl (C=O) groups is 1. The van der Waals surface area contributed by atoms with Gasteiger partial charge >= 0.3 is 16.1 Å². The Kier molecular flexibility index (Phi) is 8.41. The van der Waals surface area contributed by atoms with E-state index in [4.69, 9.17) is 24.1 Å². The van der Waals surface area contributed by atoms with Gasteiger partial charge < -0.3 is 34.3 Å². The lowest BCUT2D eigenvalue weighted by Crippen LogP contribution is -2.34. The summed E-state index contributed by atoms with van der Waals surface area (Å²) in [5.41, 5.74) is 6.71. The van der Waals surface area contributed by atoms with Crippen molar-refractivity contribution in [3.05, 3.63) is 82.6 Å². The number of nitro groups is 1. The van der Waals surface area contributed by atoms with Gasteiger partial charge in [0.25, 0.3) is 0 Å². The summed E-state index contributed by atoms with van der Waals surface area (Å²) in [7, 11) is -3.10. The number of aliphatic hydroxyl groups is 2. The molecule has 0 bridgehead atoms. The van der Waals surface area contributed by atoms with Crippen LogP contribution in [0.15, 0.2) is 66.2 Å². The number of benzene rings is 2. The molecule has 5 rings (SSSR count). The minimum Gasteiger partial charge on any atom is -0.493 e. The molecule has 1 aliphatic heterocycles. The maximum atomic E-state index is 12.9. The van der Waals surface area contributed by atoms with Crippen LogP contribution in [0.3, 0.4) is 0 Å². The molecule has 4 atom stereocenters. The Bertz CT molecular complexity index is 1840. The van der Waals surface area contributed by atoms with Gasteiger partial charge in [0.15, 0.2) is 29.2 Å². The number of nitrogen functional groups attached to an aromatic ring is 1. The van der Waals surface area contributed by atoms with Crippen molar-refractivity contribution in [1.82, 2.24) is 19.5 Å². The van der Waals surface area contributed by atoms with Crippen molar-refractivity contribution in [3.63, 3.8) is 0 Å². The molecule has 0 spiro atoms. The van der Waals surface area contributed by atoms with Crippen LogP contribution < -0.4 is 14.7 Å². The Morgan fingerprint density at radius 1 is 1.14 bits per heavy atom. The summed E-state index contributed by atoms with van der Waals surface area (Å²) in [6.45, 7) is -0.437. The van der Waals surface area contributed by atoms with E-state index in [0.29, 0.717) is 5.56 Å². The topological polar surface area (TPSA) is 241 Å². The zero-order chi connectivity index (χ0) is 31.6. The number of methoxy groups -OCH3 is 1. The first-order chi connectivity index (χ1) is 21.0. The molecule has 1 fully saturated rings. The first-order valence-electron chi connectivity index (χ1n) is 12.6. The van der Waals surface area contributed by atoms with Crippen molar-refractivity contribution < 1.29 is 46.7 Å². The number of ether oxygens (including phenoxy) is 3. The van der Waals surface area contributed by atoms with Crippen LogP contribution in [0.4, 0.5) is 5.82 Å². The summed E-state index contributed by atoms with van der Waals surface area (Å²) < 4.78 is 48.4. The third kappa shape index (κ3) is 6.13. The molecule has 0 saturated carbocycles. The van der Waals surface area contributed by atoms with Crippen molar-refractivity contribution in [2.75, 3.05) is 19.5 Å². The largest absolute Gasteiger partial charge is 0.493 e. The van der Waals surface area contributed by atoms with Crippen LogP contribution in [0.5, 0.6) is 11.5 Å². The Morgan fingerprint density at radius 3 is 2.59 bits per heavy atom. The Labute approximate surface area is 248 Å². The molecule has 3 heterocycles. The maximum Gasteiger partial charge on any atom is 0.339 e. The Hall–Kier alpha value is -5.17. The van der Waals surface area contributed by atoms with E-state index >= 15 is 0 Å². The van der Waals surface area contributed by atoms with E-state index < -0.39 is 52.2 Å². The van der Waals surface area contributed by atoms with Gasteiger partial charge in [0.1, 0.15) is 41.7 Å². The van der Waals surface area contributed by atoms with Gasteiger partial charge in [-0.1, -0.05) is 6.07 Å². The lowest BCUT2D eigenvalue weighted by atomic mass is 10.1. The van der Waals surface area contributed by atoms with Gasteiger partial charge in [0, 0.05) is 6.08 Å². The molecule has 0 amide bonds.